The monoisotopic (exact) mass is 237 g/mol. The number of hydrogen-bond donors (Lipinski definition) is 0. The highest BCUT2D eigenvalue weighted by atomic mass is 16.5. The molecule has 17 heavy (non-hydrogen) atoms. The summed E-state index contributed by atoms with van der Waals surface area (Å²) in [6, 6.07) is 0. The van der Waals surface area contributed by atoms with Gasteiger partial charge in [-0.1, -0.05) is 12.2 Å². The quantitative estimate of drug-likeness (QED) is 0.699. The third kappa shape index (κ3) is 4.30. The molecule has 0 aliphatic heterocycles. The van der Waals surface area contributed by atoms with Gasteiger partial charge in [0.1, 0.15) is 0 Å². The van der Waals surface area contributed by atoms with Crippen molar-refractivity contribution < 1.29 is 9.53 Å². The lowest BCUT2D eigenvalue weighted by molar-refractivity contribution is -0.132. The second-order valence-electron chi connectivity index (χ2n) is 4.00. The van der Waals surface area contributed by atoms with Crippen LogP contribution in [0.3, 0.4) is 0 Å². The predicted octanol–water partition coefficient (Wildman–Crippen LogP) is 1.22. The van der Waals surface area contributed by atoms with E-state index >= 15 is 0 Å². The number of ether oxygens (including phenoxy) is 1. The minimum absolute atomic E-state index is 0.0345. The molecule has 0 aliphatic rings. The number of carbonyl (C=O) groups excluding carboxylic acids is 1. The number of rotatable bonds is 6. The van der Waals surface area contributed by atoms with Gasteiger partial charge in [-0.2, -0.15) is 5.10 Å². The van der Waals surface area contributed by atoms with Gasteiger partial charge in [-0.3, -0.25) is 9.48 Å². The summed E-state index contributed by atoms with van der Waals surface area (Å²) in [5.41, 5.74) is 0.960. The maximum absolute atomic E-state index is 11.8. The first kappa shape index (κ1) is 13.3. The van der Waals surface area contributed by atoms with Crippen LogP contribution >= 0.6 is 0 Å². The van der Waals surface area contributed by atoms with Crippen LogP contribution in [0.4, 0.5) is 0 Å². The fraction of sp³-hybridized carbons (Fsp3) is 0.500. The molecule has 0 aliphatic carbocycles. The van der Waals surface area contributed by atoms with E-state index in [2.05, 4.69) is 11.7 Å². The topological polar surface area (TPSA) is 47.4 Å². The summed E-state index contributed by atoms with van der Waals surface area (Å²) in [5.74, 6) is 0.562. The summed E-state index contributed by atoms with van der Waals surface area (Å²) in [5, 5.41) is 3.96. The van der Waals surface area contributed by atoms with Gasteiger partial charge in [0, 0.05) is 20.1 Å². The van der Waals surface area contributed by atoms with Crippen LogP contribution in [0, 0.1) is 0 Å². The molecule has 5 heteroatoms. The van der Waals surface area contributed by atoms with E-state index in [0.29, 0.717) is 18.8 Å². The Labute approximate surface area is 102 Å². The fourth-order valence-corrected chi connectivity index (χ4v) is 1.41. The third-order valence-electron chi connectivity index (χ3n) is 2.24. The Hall–Kier alpha value is -1.78. The molecule has 0 unspecified atom stereocenters. The van der Waals surface area contributed by atoms with E-state index in [1.165, 1.54) is 0 Å². The first-order valence-corrected chi connectivity index (χ1v) is 5.56. The third-order valence-corrected chi connectivity index (χ3v) is 2.24. The molecule has 0 spiro atoms. The van der Waals surface area contributed by atoms with Crippen LogP contribution in [-0.4, -0.2) is 40.3 Å². The van der Waals surface area contributed by atoms with Gasteiger partial charge in [0.05, 0.1) is 12.4 Å². The number of aromatic nitrogens is 2. The van der Waals surface area contributed by atoms with Gasteiger partial charge < -0.3 is 9.64 Å². The second kappa shape index (κ2) is 6.08. The molecule has 0 atom stereocenters. The van der Waals surface area contributed by atoms with E-state index in [1.807, 2.05) is 13.8 Å². The van der Waals surface area contributed by atoms with Crippen molar-refractivity contribution in [2.45, 2.75) is 13.8 Å². The van der Waals surface area contributed by atoms with Gasteiger partial charge in [0.25, 0.3) is 5.91 Å². The lowest BCUT2D eigenvalue weighted by Crippen LogP contribution is -2.35. The van der Waals surface area contributed by atoms with E-state index in [0.717, 1.165) is 5.57 Å². The Kier molecular flexibility index (Phi) is 4.75. The number of amides is 1. The first-order valence-electron chi connectivity index (χ1n) is 5.56. The van der Waals surface area contributed by atoms with Crippen molar-refractivity contribution in [1.29, 1.82) is 0 Å². The summed E-state index contributed by atoms with van der Waals surface area (Å²) in [6.45, 7) is 8.90. The maximum Gasteiger partial charge on any atom is 0.260 e. The van der Waals surface area contributed by atoms with E-state index in [9.17, 15) is 4.79 Å². The number of nitrogens with zero attached hydrogens (tertiary/aromatic N) is 3. The van der Waals surface area contributed by atoms with Crippen LogP contribution in [0.5, 0.6) is 5.75 Å². The number of carbonyl (C=O) groups is 1. The van der Waals surface area contributed by atoms with Gasteiger partial charge in [-0.15, -0.1) is 0 Å². The number of aryl methyl sites for hydroxylation is 1. The number of likely N-dealkylation sites (N-methyl/N-ethyl adjacent to an activating group) is 1. The Balaban J connectivity index is 2.44. The molecule has 0 saturated heterocycles. The fourth-order valence-electron chi connectivity index (χ4n) is 1.41. The minimum atomic E-state index is -0.0423. The lowest BCUT2D eigenvalue weighted by Gasteiger charge is -2.20. The molecule has 0 fully saturated rings. The first-order chi connectivity index (χ1) is 8.02. The van der Waals surface area contributed by atoms with Gasteiger partial charge in [0.15, 0.2) is 12.4 Å². The average molecular weight is 237 g/mol. The highest BCUT2D eigenvalue weighted by Gasteiger charge is 2.12. The van der Waals surface area contributed by atoms with Gasteiger partial charge in [0.2, 0.25) is 0 Å². The smallest absolute Gasteiger partial charge is 0.260 e. The van der Waals surface area contributed by atoms with E-state index < -0.39 is 0 Å². The zero-order valence-electron chi connectivity index (χ0n) is 10.6. The SMILES string of the molecule is C=C(C)CN(CC)C(=O)COc1cnn(C)c1. The van der Waals surface area contributed by atoms with Crippen molar-refractivity contribution in [2.75, 3.05) is 19.7 Å². The molecule has 1 aromatic rings. The molecule has 1 rings (SSSR count). The molecule has 1 aromatic heterocycles. The molecule has 94 valence electrons. The predicted molar refractivity (Wildman–Crippen MR) is 65.8 cm³/mol. The second-order valence-corrected chi connectivity index (χ2v) is 4.00. The Morgan fingerprint density at radius 3 is 2.82 bits per heavy atom. The minimum Gasteiger partial charge on any atom is -0.480 e. The highest BCUT2D eigenvalue weighted by molar-refractivity contribution is 5.78. The largest absolute Gasteiger partial charge is 0.480 e. The van der Waals surface area contributed by atoms with Crippen molar-refractivity contribution in [3.63, 3.8) is 0 Å². The molecule has 1 amide bonds. The molecule has 5 nitrogen and oxygen atoms in total. The van der Waals surface area contributed by atoms with Crippen LogP contribution in [0.15, 0.2) is 24.5 Å². The van der Waals surface area contributed by atoms with Crippen LogP contribution in [0.2, 0.25) is 0 Å². The highest BCUT2D eigenvalue weighted by Crippen LogP contribution is 2.07. The molecular weight excluding hydrogens is 218 g/mol. The van der Waals surface area contributed by atoms with Crippen molar-refractivity contribution >= 4 is 5.91 Å². The van der Waals surface area contributed by atoms with Crippen molar-refractivity contribution in [1.82, 2.24) is 14.7 Å². The summed E-state index contributed by atoms with van der Waals surface area (Å²) >= 11 is 0. The zero-order valence-corrected chi connectivity index (χ0v) is 10.6. The summed E-state index contributed by atoms with van der Waals surface area (Å²) in [4.78, 5) is 13.5. The molecule has 0 radical (unpaired) electrons. The van der Waals surface area contributed by atoms with E-state index in [-0.39, 0.29) is 12.5 Å². The van der Waals surface area contributed by atoms with Crippen molar-refractivity contribution in [3.05, 3.63) is 24.5 Å². The summed E-state index contributed by atoms with van der Waals surface area (Å²) in [7, 11) is 1.80. The van der Waals surface area contributed by atoms with Crippen molar-refractivity contribution in [3.8, 4) is 5.75 Å². The van der Waals surface area contributed by atoms with Crippen LogP contribution in [-0.2, 0) is 11.8 Å². The number of hydrogen-bond acceptors (Lipinski definition) is 3. The molecule has 0 saturated carbocycles. The van der Waals surface area contributed by atoms with E-state index in [4.69, 9.17) is 4.74 Å². The molecule has 0 N–H and O–H groups in total. The van der Waals surface area contributed by atoms with Crippen LogP contribution in [0.1, 0.15) is 13.8 Å². The van der Waals surface area contributed by atoms with Crippen LogP contribution in [0.25, 0.3) is 0 Å². The molecule has 1 heterocycles. The maximum atomic E-state index is 11.8. The van der Waals surface area contributed by atoms with Gasteiger partial charge in [-0.05, 0) is 13.8 Å². The summed E-state index contributed by atoms with van der Waals surface area (Å²) < 4.78 is 6.98. The van der Waals surface area contributed by atoms with Gasteiger partial charge >= 0.3 is 0 Å². The Morgan fingerprint density at radius 1 is 1.65 bits per heavy atom. The summed E-state index contributed by atoms with van der Waals surface area (Å²) in [6.07, 6.45) is 3.31. The van der Waals surface area contributed by atoms with Crippen molar-refractivity contribution in [2.24, 2.45) is 7.05 Å². The zero-order chi connectivity index (χ0) is 12.8. The standard InChI is InChI=1S/C12H19N3O2/c1-5-15(7-10(2)3)12(16)9-17-11-6-13-14(4)8-11/h6,8H,2,5,7,9H2,1,3-4H3. The lowest BCUT2D eigenvalue weighted by atomic mass is 10.3. The molecular formula is C12H19N3O2. The Morgan fingerprint density at radius 2 is 2.35 bits per heavy atom. The molecule has 0 aromatic carbocycles. The normalized spacial score (nSPS) is 10.1. The Bertz CT molecular complexity index is 398. The van der Waals surface area contributed by atoms with E-state index in [1.54, 1.807) is 29.0 Å². The average Bonchev–Trinajstić information content (AvgIpc) is 2.68. The molecule has 0 bridgehead atoms. The van der Waals surface area contributed by atoms with Gasteiger partial charge in [-0.25, -0.2) is 0 Å². The van der Waals surface area contributed by atoms with Crippen LogP contribution < -0.4 is 4.74 Å².